The number of hydrogen-bond acceptors (Lipinski definition) is 4. The molecule has 5 heteroatoms. The van der Waals surface area contributed by atoms with E-state index >= 15 is 0 Å². The maximum atomic E-state index is 11.3. The molecule has 0 aromatic carbocycles. The summed E-state index contributed by atoms with van der Waals surface area (Å²) in [6, 6.07) is 5.06. The molecular formula is C12H16N2O3. The lowest BCUT2D eigenvalue weighted by Crippen LogP contribution is -2.39. The van der Waals surface area contributed by atoms with Crippen LogP contribution in [0.1, 0.15) is 12.6 Å². The molecule has 0 radical (unpaired) electrons. The molecule has 1 rings (SSSR count). The largest absolute Gasteiger partial charge is 0.416 e. The van der Waals surface area contributed by atoms with Crippen molar-refractivity contribution >= 4 is 6.09 Å². The Labute approximate surface area is 100 Å². The van der Waals surface area contributed by atoms with E-state index in [1.54, 1.807) is 19.2 Å². The highest BCUT2D eigenvalue weighted by Crippen LogP contribution is 2.00. The Morgan fingerprint density at radius 3 is 2.94 bits per heavy atom. The third-order valence-electron chi connectivity index (χ3n) is 1.99. The molecule has 0 aliphatic carbocycles. The van der Waals surface area contributed by atoms with Crippen LogP contribution in [-0.2, 0) is 11.2 Å². The lowest BCUT2D eigenvalue weighted by molar-refractivity contribution is 0.162. The Bertz CT molecular complexity index is 379. The molecule has 0 unspecified atom stereocenters. The van der Waals surface area contributed by atoms with E-state index in [-0.39, 0.29) is 6.61 Å². The highest BCUT2D eigenvalue weighted by Gasteiger charge is 2.13. The Morgan fingerprint density at radius 2 is 2.41 bits per heavy atom. The van der Waals surface area contributed by atoms with Crippen LogP contribution in [0.15, 0.2) is 36.7 Å². The number of rotatable bonds is 5. The van der Waals surface area contributed by atoms with Crippen LogP contribution in [0.5, 0.6) is 0 Å². The number of allylic oxidation sites excluding steroid dienone is 1. The second kappa shape index (κ2) is 6.65. The second-order valence-electron chi connectivity index (χ2n) is 3.64. The number of carbonyl (C=O) groups is 1. The number of pyridine rings is 1. The van der Waals surface area contributed by atoms with E-state index in [1.807, 2.05) is 12.1 Å². The van der Waals surface area contributed by atoms with Crippen LogP contribution in [0.2, 0.25) is 0 Å². The molecule has 92 valence electrons. The predicted octanol–water partition coefficient (Wildman–Crippen LogP) is 1.24. The first-order valence-electron chi connectivity index (χ1n) is 5.26. The Morgan fingerprint density at radius 1 is 1.65 bits per heavy atom. The molecule has 0 aliphatic heterocycles. The standard InChI is InChI=1S/C12H16N2O3/c1-9(2)17-12(16)14-11(8-15)7-10-5-3-4-6-13-10/h3-6,11,15H,1,7-8H2,2H3,(H,14,16)/t11-/m0/s1. The van der Waals surface area contributed by atoms with Crippen molar-refractivity contribution in [3.8, 4) is 0 Å². The zero-order valence-electron chi connectivity index (χ0n) is 9.72. The van der Waals surface area contributed by atoms with Crippen LogP contribution in [0, 0.1) is 0 Å². The van der Waals surface area contributed by atoms with Crippen LogP contribution in [0.25, 0.3) is 0 Å². The molecule has 1 aromatic heterocycles. The number of ether oxygens (including phenoxy) is 1. The summed E-state index contributed by atoms with van der Waals surface area (Å²) in [5.74, 6) is 0.303. The van der Waals surface area contributed by atoms with Gasteiger partial charge in [0.15, 0.2) is 0 Å². The molecule has 0 saturated heterocycles. The summed E-state index contributed by atoms with van der Waals surface area (Å²) in [6.07, 6.45) is 1.49. The quantitative estimate of drug-likeness (QED) is 0.755. The molecule has 0 saturated carbocycles. The van der Waals surface area contributed by atoms with E-state index < -0.39 is 12.1 Å². The zero-order valence-corrected chi connectivity index (χ0v) is 9.72. The maximum absolute atomic E-state index is 11.3. The number of aliphatic hydroxyl groups is 1. The minimum atomic E-state index is -0.618. The van der Waals surface area contributed by atoms with Crippen molar-refractivity contribution in [1.29, 1.82) is 0 Å². The van der Waals surface area contributed by atoms with Gasteiger partial charge in [0, 0.05) is 18.3 Å². The summed E-state index contributed by atoms with van der Waals surface area (Å²) in [5.41, 5.74) is 0.794. The number of hydrogen-bond donors (Lipinski definition) is 2. The van der Waals surface area contributed by atoms with E-state index in [0.29, 0.717) is 12.2 Å². The first-order chi connectivity index (χ1) is 8.11. The van der Waals surface area contributed by atoms with Crippen LogP contribution >= 0.6 is 0 Å². The van der Waals surface area contributed by atoms with Crippen molar-refractivity contribution in [1.82, 2.24) is 10.3 Å². The van der Waals surface area contributed by atoms with Gasteiger partial charge in [-0.05, 0) is 19.1 Å². The van der Waals surface area contributed by atoms with Gasteiger partial charge in [-0.2, -0.15) is 0 Å². The minimum absolute atomic E-state index is 0.179. The fourth-order valence-electron chi connectivity index (χ4n) is 1.29. The molecule has 1 atom stereocenters. The van der Waals surface area contributed by atoms with E-state index in [0.717, 1.165) is 5.69 Å². The smallest absolute Gasteiger partial charge is 0.412 e. The highest BCUT2D eigenvalue weighted by molar-refractivity contribution is 5.68. The summed E-state index contributed by atoms with van der Waals surface area (Å²) in [6.45, 7) is 4.85. The van der Waals surface area contributed by atoms with Crippen LogP contribution in [-0.4, -0.2) is 28.8 Å². The van der Waals surface area contributed by atoms with Crippen molar-refractivity contribution in [2.45, 2.75) is 19.4 Å². The summed E-state index contributed by atoms with van der Waals surface area (Å²) < 4.78 is 4.74. The maximum Gasteiger partial charge on any atom is 0.412 e. The van der Waals surface area contributed by atoms with Gasteiger partial charge in [-0.3, -0.25) is 4.98 Å². The minimum Gasteiger partial charge on any atom is -0.416 e. The van der Waals surface area contributed by atoms with Crippen molar-refractivity contribution in [2.75, 3.05) is 6.61 Å². The third kappa shape index (κ3) is 5.12. The van der Waals surface area contributed by atoms with Crippen molar-refractivity contribution in [3.05, 3.63) is 42.4 Å². The second-order valence-corrected chi connectivity index (χ2v) is 3.64. The predicted molar refractivity (Wildman–Crippen MR) is 63.2 cm³/mol. The summed E-state index contributed by atoms with van der Waals surface area (Å²) in [4.78, 5) is 15.4. The number of amides is 1. The molecule has 5 nitrogen and oxygen atoms in total. The first-order valence-corrected chi connectivity index (χ1v) is 5.26. The van der Waals surface area contributed by atoms with Gasteiger partial charge in [0.05, 0.1) is 18.4 Å². The van der Waals surface area contributed by atoms with Crippen LogP contribution in [0.4, 0.5) is 4.79 Å². The third-order valence-corrected chi connectivity index (χ3v) is 1.99. The van der Waals surface area contributed by atoms with Crippen molar-refractivity contribution < 1.29 is 14.6 Å². The Hall–Kier alpha value is -1.88. The molecule has 0 bridgehead atoms. The first kappa shape index (κ1) is 13.2. The number of nitrogens with one attached hydrogen (secondary N) is 1. The molecular weight excluding hydrogens is 220 g/mol. The van der Waals surface area contributed by atoms with Crippen molar-refractivity contribution in [3.63, 3.8) is 0 Å². The van der Waals surface area contributed by atoms with E-state index in [1.165, 1.54) is 0 Å². The highest BCUT2D eigenvalue weighted by atomic mass is 16.6. The zero-order chi connectivity index (χ0) is 12.7. The monoisotopic (exact) mass is 236 g/mol. The van der Waals surface area contributed by atoms with Gasteiger partial charge in [0.1, 0.15) is 0 Å². The van der Waals surface area contributed by atoms with E-state index in [9.17, 15) is 4.79 Å². The summed E-state index contributed by atoms with van der Waals surface area (Å²) in [7, 11) is 0. The number of aromatic nitrogens is 1. The van der Waals surface area contributed by atoms with Gasteiger partial charge in [-0.1, -0.05) is 12.6 Å². The van der Waals surface area contributed by atoms with Gasteiger partial charge in [0.25, 0.3) is 0 Å². The molecule has 1 aromatic rings. The van der Waals surface area contributed by atoms with Gasteiger partial charge in [0.2, 0.25) is 0 Å². The normalized spacial score (nSPS) is 11.6. The molecule has 0 aliphatic rings. The fraction of sp³-hybridized carbons (Fsp3) is 0.333. The summed E-state index contributed by atoms with van der Waals surface area (Å²) >= 11 is 0. The Kier molecular flexibility index (Phi) is 5.16. The number of nitrogens with zero attached hydrogens (tertiary/aromatic N) is 1. The fourth-order valence-corrected chi connectivity index (χ4v) is 1.29. The van der Waals surface area contributed by atoms with E-state index in [2.05, 4.69) is 16.9 Å². The van der Waals surface area contributed by atoms with Crippen molar-refractivity contribution in [2.24, 2.45) is 0 Å². The average Bonchev–Trinajstić information content (AvgIpc) is 2.28. The SMILES string of the molecule is C=C(C)OC(=O)N[C@H](CO)Cc1ccccn1. The molecule has 2 N–H and O–H groups in total. The lowest BCUT2D eigenvalue weighted by atomic mass is 10.1. The number of alkyl carbamates (subject to hydrolysis) is 1. The summed E-state index contributed by atoms with van der Waals surface area (Å²) in [5, 5.41) is 11.7. The van der Waals surface area contributed by atoms with Gasteiger partial charge >= 0.3 is 6.09 Å². The molecule has 1 heterocycles. The molecule has 17 heavy (non-hydrogen) atoms. The number of carbonyl (C=O) groups excluding carboxylic acids is 1. The Balaban J connectivity index is 2.49. The average molecular weight is 236 g/mol. The van der Waals surface area contributed by atoms with Gasteiger partial charge in [-0.25, -0.2) is 4.79 Å². The lowest BCUT2D eigenvalue weighted by Gasteiger charge is -2.15. The van der Waals surface area contributed by atoms with Crippen LogP contribution in [0.3, 0.4) is 0 Å². The molecule has 1 amide bonds. The van der Waals surface area contributed by atoms with Gasteiger partial charge < -0.3 is 15.2 Å². The topological polar surface area (TPSA) is 71.5 Å². The van der Waals surface area contributed by atoms with Gasteiger partial charge in [-0.15, -0.1) is 0 Å². The molecule has 0 spiro atoms. The molecule has 0 fully saturated rings. The van der Waals surface area contributed by atoms with E-state index in [4.69, 9.17) is 9.84 Å². The van der Waals surface area contributed by atoms with Crippen LogP contribution < -0.4 is 5.32 Å². The number of aliphatic hydroxyl groups excluding tert-OH is 1.